The van der Waals surface area contributed by atoms with Crippen LogP contribution in [0.5, 0.6) is 5.75 Å². The van der Waals surface area contributed by atoms with Crippen LogP contribution >= 0.6 is 0 Å². The molecule has 32 heavy (non-hydrogen) atoms. The molecule has 166 valence electrons. The molecule has 3 aromatic carbocycles. The fourth-order valence-electron chi connectivity index (χ4n) is 3.88. The highest BCUT2D eigenvalue weighted by Crippen LogP contribution is 2.27. The molecule has 1 saturated heterocycles. The van der Waals surface area contributed by atoms with E-state index in [1.54, 1.807) is 24.3 Å². The lowest BCUT2D eigenvalue weighted by Crippen LogP contribution is -2.35. The van der Waals surface area contributed by atoms with Crippen LogP contribution in [0.3, 0.4) is 0 Å². The van der Waals surface area contributed by atoms with Crippen molar-refractivity contribution in [2.45, 2.75) is 38.4 Å². The van der Waals surface area contributed by atoms with E-state index in [0.29, 0.717) is 30.0 Å². The number of carbonyl (C=O) groups excluding carboxylic acids is 2. The molecule has 3 aromatic rings. The van der Waals surface area contributed by atoms with Gasteiger partial charge in [-0.1, -0.05) is 55.5 Å². The first kappa shape index (κ1) is 21.8. The second-order valence-electron chi connectivity index (χ2n) is 7.87. The zero-order chi connectivity index (χ0) is 22.3. The first-order chi connectivity index (χ1) is 15.7. The van der Waals surface area contributed by atoms with Gasteiger partial charge in [0, 0.05) is 18.5 Å². The maximum atomic E-state index is 13.0. The molecule has 2 atom stereocenters. The van der Waals surface area contributed by atoms with Gasteiger partial charge >= 0.3 is 0 Å². The van der Waals surface area contributed by atoms with Crippen LogP contribution in [0.1, 0.15) is 36.5 Å². The predicted octanol–water partition coefficient (Wildman–Crippen LogP) is 4.54. The van der Waals surface area contributed by atoms with Crippen LogP contribution < -0.4 is 15.4 Å². The molecule has 6 nitrogen and oxygen atoms in total. The number of fused-ring (bicyclic) bond motifs is 1. The van der Waals surface area contributed by atoms with E-state index in [1.807, 2.05) is 49.4 Å². The van der Waals surface area contributed by atoms with E-state index in [1.165, 1.54) is 0 Å². The Bertz CT molecular complexity index is 1090. The summed E-state index contributed by atoms with van der Waals surface area (Å²) in [5.74, 6) is 0.131. The lowest BCUT2D eigenvalue weighted by atomic mass is 10.1. The zero-order valence-electron chi connectivity index (χ0n) is 18.2. The summed E-state index contributed by atoms with van der Waals surface area (Å²) in [4.78, 5) is 25.8. The van der Waals surface area contributed by atoms with Gasteiger partial charge in [-0.05, 0) is 42.8 Å². The highest BCUT2D eigenvalue weighted by atomic mass is 16.5. The summed E-state index contributed by atoms with van der Waals surface area (Å²) < 4.78 is 11.7. The summed E-state index contributed by atoms with van der Waals surface area (Å²) in [6.45, 7) is 3.10. The molecular formula is C26H28N2O4. The summed E-state index contributed by atoms with van der Waals surface area (Å²) in [6, 6.07) is 20.7. The normalized spacial score (nSPS) is 16.5. The predicted molar refractivity (Wildman–Crippen MR) is 125 cm³/mol. The standard InChI is InChI=1S/C26H28N2O4/c1-2-23(32-24-15-7-10-18-9-3-4-12-20(18)24)26(30)28-22-14-6-5-13-21(22)25(29)27-17-19-11-8-16-31-19/h3-7,9-10,12-15,19,23H,2,8,11,16-17H2,1H3,(H,27,29)(H,28,30)/t19-,23+/m1/s1. The zero-order valence-corrected chi connectivity index (χ0v) is 18.2. The first-order valence-electron chi connectivity index (χ1n) is 11.1. The second kappa shape index (κ2) is 10.3. The fourth-order valence-corrected chi connectivity index (χ4v) is 3.88. The SMILES string of the molecule is CC[C@H](Oc1cccc2ccccc12)C(=O)Nc1ccccc1C(=O)NC[C@H]1CCCO1. The van der Waals surface area contributed by atoms with E-state index in [2.05, 4.69) is 10.6 Å². The van der Waals surface area contributed by atoms with Gasteiger partial charge in [0.05, 0.1) is 17.4 Å². The molecule has 4 rings (SSSR count). The maximum absolute atomic E-state index is 13.0. The third-order valence-electron chi connectivity index (χ3n) is 5.63. The Kier molecular flexibility index (Phi) is 7.02. The molecular weight excluding hydrogens is 404 g/mol. The molecule has 6 heteroatoms. The fraction of sp³-hybridized carbons (Fsp3) is 0.308. The van der Waals surface area contributed by atoms with Crippen LogP contribution in [0.4, 0.5) is 5.69 Å². The van der Waals surface area contributed by atoms with Crippen molar-refractivity contribution in [3.05, 3.63) is 72.3 Å². The summed E-state index contributed by atoms with van der Waals surface area (Å²) in [7, 11) is 0. The summed E-state index contributed by atoms with van der Waals surface area (Å²) in [5.41, 5.74) is 0.876. The molecule has 0 bridgehead atoms. The average molecular weight is 433 g/mol. The van der Waals surface area contributed by atoms with E-state index >= 15 is 0 Å². The number of anilines is 1. The van der Waals surface area contributed by atoms with E-state index in [4.69, 9.17) is 9.47 Å². The number of ether oxygens (including phenoxy) is 2. The number of carbonyl (C=O) groups is 2. The highest BCUT2D eigenvalue weighted by molar-refractivity contribution is 6.04. The average Bonchev–Trinajstić information content (AvgIpc) is 3.35. The Balaban J connectivity index is 1.45. The van der Waals surface area contributed by atoms with Gasteiger partial charge in [0.2, 0.25) is 0 Å². The topological polar surface area (TPSA) is 76.7 Å². The summed E-state index contributed by atoms with van der Waals surface area (Å²) >= 11 is 0. The Morgan fingerprint density at radius 2 is 1.84 bits per heavy atom. The van der Waals surface area contributed by atoms with Crippen molar-refractivity contribution in [3.63, 3.8) is 0 Å². The minimum absolute atomic E-state index is 0.0549. The van der Waals surface area contributed by atoms with E-state index in [-0.39, 0.29) is 17.9 Å². The molecule has 1 aliphatic rings. The van der Waals surface area contributed by atoms with Crippen molar-refractivity contribution in [1.29, 1.82) is 0 Å². The van der Waals surface area contributed by atoms with E-state index < -0.39 is 6.10 Å². The van der Waals surface area contributed by atoms with E-state index in [0.717, 1.165) is 30.2 Å². The molecule has 0 radical (unpaired) electrons. The number of nitrogens with one attached hydrogen (secondary N) is 2. The molecule has 0 aromatic heterocycles. The highest BCUT2D eigenvalue weighted by Gasteiger charge is 2.22. The van der Waals surface area contributed by atoms with Crippen LogP contribution in [0.15, 0.2) is 66.7 Å². The maximum Gasteiger partial charge on any atom is 0.265 e. The smallest absolute Gasteiger partial charge is 0.265 e. The summed E-state index contributed by atoms with van der Waals surface area (Å²) in [5, 5.41) is 7.80. The Morgan fingerprint density at radius 3 is 2.66 bits per heavy atom. The number of rotatable bonds is 8. The summed E-state index contributed by atoms with van der Waals surface area (Å²) in [6.07, 6.45) is 1.82. The molecule has 2 amide bonds. The number of benzene rings is 3. The molecule has 0 aliphatic carbocycles. The second-order valence-corrected chi connectivity index (χ2v) is 7.87. The van der Waals surface area contributed by atoms with Crippen molar-refractivity contribution >= 4 is 28.3 Å². The van der Waals surface area contributed by atoms with Gasteiger partial charge < -0.3 is 20.1 Å². The Morgan fingerprint density at radius 1 is 1.06 bits per heavy atom. The molecule has 2 N–H and O–H groups in total. The largest absolute Gasteiger partial charge is 0.480 e. The van der Waals surface area contributed by atoms with Crippen LogP contribution in [0.25, 0.3) is 10.8 Å². The third-order valence-corrected chi connectivity index (χ3v) is 5.63. The lowest BCUT2D eigenvalue weighted by Gasteiger charge is -2.19. The van der Waals surface area contributed by atoms with Gasteiger partial charge in [-0.15, -0.1) is 0 Å². The van der Waals surface area contributed by atoms with Crippen LogP contribution in [-0.2, 0) is 9.53 Å². The van der Waals surface area contributed by atoms with Gasteiger partial charge in [-0.25, -0.2) is 0 Å². The van der Waals surface area contributed by atoms with Crippen molar-refractivity contribution in [2.24, 2.45) is 0 Å². The van der Waals surface area contributed by atoms with Crippen molar-refractivity contribution in [1.82, 2.24) is 5.32 Å². The molecule has 0 spiro atoms. The quantitative estimate of drug-likeness (QED) is 0.548. The van der Waals surface area contributed by atoms with Gasteiger partial charge in [0.1, 0.15) is 5.75 Å². The van der Waals surface area contributed by atoms with Gasteiger partial charge in [-0.2, -0.15) is 0 Å². The number of hydrogen-bond donors (Lipinski definition) is 2. The van der Waals surface area contributed by atoms with Crippen LogP contribution in [-0.4, -0.2) is 37.2 Å². The lowest BCUT2D eigenvalue weighted by molar-refractivity contribution is -0.122. The Hall–Kier alpha value is -3.38. The molecule has 1 heterocycles. The number of amides is 2. The van der Waals surface area contributed by atoms with Crippen molar-refractivity contribution in [2.75, 3.05) is 18.5 Å². The van der Waals surface area contributed by atoms with Gasteiger partial charge in [0.25, 0.3) is 11.8 Å². The molecule has 0 unspecified atom stereocenters. The monoisotopic (exact) mass is 432 g/mol. The van der Waals surface area contributed by atoms with Gasteiger partial charge in [-0.3, -0.25) is 9.59 Å². The third kappa shape index (κ3) is 5.08. The van der Waals surface area contributed by atoms with Gasteiger partial charge in [0.15, 0.2) is 6.10 Å². The number of hydrogen-bond acceptors (Lipinski definition) is 4. The van der Waals surface area contributed by atoms with E-state index in [9.17, 15) is 9.59 Å². The molecule has 0 saturated carbocycles. The Labute approximate surface area is 187 Å². The number of para-hydroxylation sites is 1. The molecule has 1 aliphatic heterocycles. The van der Waals surface area contributed by atoms with Crippen LogP contribution in [0, 0.1) is 0 Å². The minimum Gasteiger partial charge on any atom is -0.480 e. The molecule has 1 fully saturated rings. The van der Waals surface area contributed by atoms with Crippen LogP contribution in [0.2, 0.25) is 0 Å². The van der Waals surface area contributed by atoms with Crippen molar-refractivity contribution in [3.8, 4) is 5.75 Å². The first-order valence-corrected chi connectivity index (χ1v) is 11.1. The minimum atomic E-state index is -0.691. The van der Waals surface area contributed by atoms with Crippen molar-refractivity contribution < 1.29 is 19.1 Å².